The van der Waals surface area contributed by atoms with Crippen LogP contribution in [0.25, 0.3) is 0 Å². The molecule has 4 N–H and O–H groups in total. The van der Waals surface area contributed by atoms with Crippen LogP contribution >= 0.6 is 11.6 Å². The molecule has 18 heavy (non-hydrogen) atoms. The molecule has 0 aromatic carbocycles. The molecule has 1 heterocycles. The van der Waals surface area contributed by atoms with Crippen molar-refractivity contribution in [2.75, 3.05) is 25.6 Å². The molecular formula is C12H21ClN4O. The molecule has 0 fully saturated rings. The van der Waals surface area contributed by atoms with Crippen LogP contribution in [0.5, 0.6) is 0 Å². The Bertz CT molecular complexity index is 362. The minimum atomic E-state index is 0.265. The standard InChI is InChI=1S/C12H21ClN4O/c1-17(7-3-2-4-8-18)9-11-10(13)5-6-12(15-11)16-14/h5-6,18H,2-4,7-9,14H2,1H3,(H,15,16). The lowest BCUT2D eigenvalue weighted by molar-refractivity contribution is 0.270. The van der Waals surface area contributed by atoms with Crippen LogP contribution in [0.15, 0.2) is 12.1 Å². The number of rotatable bonds is 8. The molecule has 0 saturated carbocycles. The average molecular weight is 273 g/mol. The summed E-state index contributed by atoms with van der Waals surface area (Å²) in [5, 5.41) is 9.35. The first-order valence-electron chi connectivity index (χ1n) is 6.09. The maximum atomic E-state index is 8.70. The first-order valence-corrected chi connectivity index (χ1v) is 6.46. The van der Waals surface area contributed by atoms with Gasteiger partial charge in [0, 0.05) is 13.2 Å². The number of nitrogens with zero attached hydrogens (tertiary/aromatic N) is 2. The first-order chi connectivity index (χ1) is 8.67. The largest absolute Gasteiger partial charge is 0.396 e. The van der Waals surface area contributed by atoms with E-state index in [9.17, 15) is 0 Å². The summed E-state index contributed by atoms with van der Waals surface area (Å²) in [4.78, 5) is 6.48. The Morgan fingerprint density at radius 2 is 2.17 bits per heavy atom. The lowest BCUT2D eigenvalue weighted by atomic mass is 10.2. The number of pyridine rings is 1. The Morgan fingerprint density at radius 3 is 2.83 bits per heavy atom. The van der Waals surface area contributed by atoms with Crippen molar-refractivity contribution in [3.8, 4) is 0 Å². The lowest BCUT2D eigenvalue weighted by Gasteiger charge is -2.17. The minimum absolute atomic E-state index is 0.265. The van der Waals surface area contributed by atoms with Gasteiger partial charge in [0.05, 0.1) is 10.7 Å². The molecule has 0 saturated heterocycles. The second-order valence-electron chi connectivity index (χ2n) is 4.29. The zero-order valence-corrected chi connectivity index (χ0v) is 11.5. The Hall–Kier alpha value is -0.880. The van der Waals surface area contributed by atoms with Crippen molar-refractivity contribution in [2.24, 2.45) is 5.84 Å². The molecule has 1 aromatic rings. The van der Waals surface area contributed by atoms with Gasteiger partial charge in [-0.3, -0.25) is 0 Å². The zero-order chi connectivity index (χ0) is 13.4. The monoisotopic (exact) mass is 272 g/mol. The molecular weight excluding hydrogens is 252 g/mol. The predicted molar refractivity (Wildman–Crippen MR) is 74.3 cm³/mol. The molecule has 1 rings (SSSR count). The van der Waals surface area contributed by atoms with Crippen molar-refractivity contribution in [1.29, 1.82) is 0 Å². The summed E-state index contributed by atoms with van der Waals surface area (Å²) in [6.07, 6.45) is 2.95. The highest BCUT2D eigenvalue weighted by Gasteiger charge is 2.07. The number of nitrogen functional groups attached to an aromatic ring is 1. The second kappa shape index (κ2) is 8.26. The SMILES string of the molecule is CN(CCCCCO)Cc1nc(NN)ccc1Cl. The molecule has 0 radical (unpaired) electrons. The molecule has 0 spiro atoms. The van der Waals surface area contributed by atoms with Gasteiger partial charge >= 0.3 is 0 Å². The van der Waals surface area contributed by atoms with Crippen molar-refractivity contribution in [1.82, 2.24) is 9.88 Å². The molecule has 0 atom stereocenters. The molecule has 102 valence electrons. The van der Waals surface area contributed by atoms with Gasteiger partial charge in [-0.15, -0.1) is 0 Å². The van der Waals surface area contributed by atoms with Gasteiger partial charge in [-0.25, -0.2) is 10.8 Å². The molecule has 1 aromatic heterocycles. The van der Waals surface area contributed by atoms with Gasteiger partial charge < -0.3 is 15.4 Å². The van der Waals surface area contributed by atoms with E-state index in [4.69, 9.17) is 22.6 Å². The number of anilines is 1. The van der Waals surface area contributed by atoms with Crippen LogP contribution in [0.3, 0.4) is 0 Å². The summed E-state index contributed by atoms with van der Waals surface area (Å²) < 4.78 is 0. The van der Waals surface area contributed by atoms with E-state index in [0.29, 0.717) is 17.4 Å². The number of hydrazine groups is 1. The lowest BCUT2D eigenvalue weighted by Crippen LogP contribution is -2.20. The quantitative estimate of drug-likeness (QED) is 0.381. The molecule has 0 aliphatic heterocycles. The van der Waals surface area contributed by atoms with Crippen LogP contribution in [-0.4, -0.2) is 35.2 Å². The minimum Gasteiger partial charge on any atom is -0.396 e. The van der Waals surface area contributed by atoms with Gasteiger partial charge in [-0.1, -0.05) is 11.6 Å². The Kier molecular flexibility index (Phi) is 6.97. The van der Waals surface area contributed by atoms with Crippen LogP contribution in [-0.2, 0) is 6.54 Å². The summed E-state index contributed by atoms with van der Waals surface area (Å²) in [6.45, 7) is 1.91. The van der Waals surface area contributed by atoms with Gasteiger partial charge in [-0.2, -0.15) is 0 Å². The van der Waals surface area contributed by atoms with E-state index in [0.717, 1.165) is 31.5 Å². The fourth-order valence-electron chi connectivity index (χ4n) is 1.68. The number of nitrogens with one attached hydrogen (secondary N) is 1. The van der Waals surface area contributed by atoms with Crippen molar-refractivity contribution in [2.45, 2.75) is 25.8 Å². The van der Waals surface area contributed by atoms with E-state index in [2.05, 4.69) is 15.3 Å². The molecule has 0 amide bonds. The molecule has 0 bridgehead atoms. The summed E-state index contributed by atoms with van der Waals surface area (Å²) >= 11 is 6.09. The zero-order valence-electron chi connectivity index (χ0n) is 10.7. The van der Waals surface area contributed by atoms with Gasteiger partial charge in [0.15, 0.2) is 0 Å². The third-order valence-corrected chi connectivity index (χ3v) is 3.03. The van der Waals surface area contributed by atoms with E-state index in [1.165, 1.54) is 0 Å². The smallest absolute Gasteiger partial charge is 0.140 e. The molecule has 0 aliphatic rings. The van der Waals surface area contributed by atoms with E-state index in [1.54, 1.807) is 12.1 Å². The van der Waals surface area contributed by atoms with Gasteiger partial charge in [-0.05, 0) is 45.0 Å². The van der Waals surface area contributed by atoms with E-state index in [-0.39, 0.29) is 6.61 Å². The fourth-order valence-corrected chi connectivity index (χ4v) is 1.85. The number of aliphatic hydroxyl groups is 1. The topological polar surface area (TPSA) is 74.4 Å². The highest BCUT2D eigenvalue weighted by molar-refractivity contribution is 6.31. The summed E-state index contributed by atoms with van der Waals surface area (Å²) in [7, 11) is 2.03. The number of unbranched alkanes of at least 4 members (excludes halogenated alkanes) is 2. The predicted octanol–water partition coefficient (Wildman–Crippen LogP) is 1.61. The first kappa shape index (κ1) is 15.2. The van der Waals surface area contributed by atoms with Crippen LogP contribution in [0.4, 0.5) is 5.82 Å². The van der Waals surface area contributed by atoms with Gasteiger partial charge in [0.1, 0.15) is 5.82 Å². The van der Waals surface area contributed by atoms with Crippen LogP contribution in [0, 0.1) is 0 Å². The van der Waals surface area contributed by atoms with E-state index < -0.39 is 0 Å². The highest BCUT2D eigenvalue weighted by atomic mass is 35.5. The number of nitrogens with two attached hydrogens (primary N) is 1. The van der Waals surface area contributed by atoms with Crippen molar-refractivity contribution < 1.29 is 5.11 Å². The third-order valence-electron chi connectivity index (χ3n) is 2.68. The Labute approximate surface area is 113 Å². The maximum Gasteiger partial charge on any atom is 0.140 e. The average Bonchev–Trinajstić information content (AvgIpc) is 2.37. The number of aliphatic hydroxyl groups excluding tert-OH is 1. The number of aromatic nitrogens is 1. The van der Waals surface area contributed by atoms with Crippen molar-refractivity contribution >= 4 is 17.4 Å². The fraction of sp³-hybridized carbons (Fsp3) is 0.583. The summed E-state index contributed by atoms with van der Waals surface area (Å²) in [6, 6.07) is 3.53. The normalized spacial score (nSPS) is 10.9. The maximum absolute atomic E-state index is 8.70. The number of hydrogen-bond acceptors (Lipinski definition) is 5. The molecule has 0 aliphatic carbocycles. The van der Waals surface area contributed by atoms with Gasteiger partial charge in [0.25, 0.3) is 0 Å². The highest BCUT2D eigenvalue weighted by Crippen LogP contribution is 2.17. The third kappa shape index (κ3) is 5.18. The van der Waals surface area contributed by atoms with E-state index in [1.807, 2.05) is 7.05 Å². The van der Waals surface area contributed by atoms with Gasteiger partial charge in [0.2, 0.25) is 0 Å². The van der Waals surface area contributed by atoms with Crippen LogP contribution in [0.2, 0.25) is 5.02 Å². The van der Waals surface area contributed by atoms with E-state index >= 15 is 0 Å². The summed E-state index contributed by atoms with van der Waals surface area (Å²) in [5.41, 5.74) is 3.33. The molecule has 6 heteroatoms. The number of hydrogen-bond donors (Lipinski definition) is 3. The molecule has 5 nitrogen and oxygen atoms in total. The van der Waals surface area contributed by atoms with Crippen LogP contribution in [0.1, 0.15) is 25.0 Å². The summed E-state index contributed by atoms with van der Waals surface area (Å²) in [5.74, 6) is 5.93. The van der Waals surface area contributed by atoms with Crippen LogP contribution < -0.4 is 11.3 Å². The van der Waals surface area contributed by atoms with Crippen molar-refractivity contribution in [3.05, 3.63) is 22.8 Å². The second-order valence-corrected chi connectivity index (χ2v) is 4.70. The Morgan fingerprint density at radius 1 is 1.39 bits per heavy atom. The Balaban J connectivity index is 2.45. The van der Waals surface area contributed by atoms with Crippen molar-refractivity contribution in [3.63, 3.8) is 0 Å². The molecule has 0 unspecified atom stereocenters. The number of halogens is 1.